The minimum absolute atomic E-state index is 0.144. The summed E-state index contributed by atoms with van der Waals surface area (Å²) in [5.74, 6) is 3.41. The Morgan fingerprint density at radius 2 is 1.58 bits per heavy atom. The molecule has 0 unspecified atom stereocenters. The van der Waals surface area contributed by atoms with Gasteiger partial charge in [-0.3, -0.25) is 9.36 Å². The Labute approximate surface area is 212 Å². The highest BCUT2D eigenvalue weighted by Gasteiger charge is 2.18. The number of carbonyl (C=O) groups is 1. The highest BCUT2D eigenvalue weighted by atomic mass is 32.2. The van der Waals surface area contributed by atoms with Crippen molar-refractivity contribution in [2.24, 2.45) is 0 Å². The maximum Gasteiger partial charge on any atom is 0.234 e. The van der Waals surface area contributed by atoms with Gasteiger partial charge in [-0.1, -0.05) is 11.8 Å². The summed E-state index contributed by atoms with van der Waals surface area (Å²) >= 11 is 1.30. The van der Waals surface area contributed by atoms with Gasteiger partial charge in [-0.05, 0) is 60.7 Å². The number of methoxy groups -OCH3 is 2. The third-order valence-corrected chi connectivity index (χ3v) is 6.40. The van der Waals surface area contributed by atoms with Crippen LogP contribution in [0.5, 0.6) is 23.0 Å². The first-order valence-electron chi connectivity index (χ1n) is 11.2. The molecule has 10 heteroatoms. The number of nitrogens with one attached hydrogen (secondary N) is 1. The Hall–Kier alpha value is -4.18. The predicted molar refractivity (Wildman–Crippen MR) is 137 cm³/mol. The molecule has 4 aromatic rings. The quantitative estimate of drug-likeness (QED) is 0.352. The van der Waals surface area contributed by atoms with Gasteiger partial charge in [-0.25, -0.2) is 0 Å². The SMILES string of the molecule is COc1ccc(-c2nnc(SCC(=O)Nc3ccc4c(c3)OCCO4)n2-c2ccc(OC)cc2)cc1. The van der Waals surface area contributed by atoms with E-state index in [4.69, 9.17) is 18.9 Å². The fraction of sp³-hybridized carbons (Fsp3) is 0.192. The first kappa shape index (κ1) is 23.6. The van der Waals surface area contributed by atoms with Gasteiger partial charge < -0.3 is 24.3 Å². The smallest absolute Gasteiger partial charge is 0.234 e. The van der Waals surface area contributed by atoms with Crippen molar-refractivity contribution in [2.75, 3.05) is 38.5 Å². The lowest BCUT2D eigenvalue weighted by Crippen LogP contribution is -2.17. The molecule has 0 atom stereocenters. The van der Waals surface area contributed by atoms with E-state index in [1.165, 1.54) is 11.8 Å². The zero-order chi connectivity index (χ0) is 24.9. The molecule has 0 spiro atoms. The van der Waals surface area contributed by atoms with Crippen molar-refractivity contribution in [3.63, 3.8) is 0 Å². The number of rotatable bonds is 8. The number of hydrogen-bond acceptors (Lipinski definition) is 8. The first-order valence-corrected chi connectivity index (χ1v) is 12.2. The van der Waals surface area contributed by atoms with Gasteiger partial charge >= 0.3 is 0 Å². The molecule has 184 valence electrons. The van der Waals surface area contributed by atoms with Gasteiger partial charge in [0.2, 0.25) is 5.91 Å². The van der Waals surface area contributed by atoms with Crippen molar-refractivity contribution in [3.8, 4) is 40.1 Å². The minimum Gasteiger partial charge on any atom is -0.497 e. The molecule has 1 N–H and O–H groups in total. The van der Waals surface area contributed by atoms with Gasteiger partial charge in [0.05, 0.1) is 20.0 Å². The molecule has 5 rings (SSSR count). The van der Waals surface area contributed by atoms with E-state index in [0.29, 0.717) is 41.4 Å². The second-order valence-corrected chi connectivity index (χ2v) is 8.71. The lowest BCUT2D eigenvalue weighted by Gasteiger charge is -2.19. The van der Waals surface area contributed by atoms with Crippen LogP contribution in [0.3, 0.4) is 0 Å². The number of aromatic nitrogens is 3. The van der Waals surface area contributed by atoms with Crippen molar-refractivity contribution in [3.05, 3.63) is 66.7 Å². The lowest BCUT2D eigenvalue weighted by atomic mass is 10.2. The molecule has 0 fully saturated rings. The maximum absolute atomic E-state index is 12.7. The average molecular weight is 505 g/mol. The highest BCUT2D eigenvalue weighted by molar-refractivity contribution is 7.99. The third-order valence-electron chi connectivity index (χ3n) is 5.47. The Balaban J connectivity index is 1.37. The van der Waals surface area contributed by atoms with E-state index in [2.05, 4.69) is 15.5 Å². The highest BCUT2D eigenvalue weighted by Crippen LogP contribution is 2.33. The predicted octanol–water partition coefficient (Wildman–Crippen LogP) is 4.45. The Bertz CT molecular complexity index is 1360. The molecular weight excluding hydrogens is 480 g/mol. The van der Waals surface area contributed by atoms with Crippen LogP contribution in [-0.4, -0.2) is 53.9 Å². The molecule has 0 bridgehead atoms. The van der Waals surface area contributed by atoms with E-state index >= 15 is 0 Å². The van der Waals surface area contributed by atoms with Crippen LogP contribution in [0, 0.1) is 0 Å². The molecule has 9 nitrogen and oxygen atoms in total. The number of amides is 1. The van der Waals surface area contributed by atoms with Crippen LogP contribution in [0.15, 0.2) is 71.9 Å². The average Bonchev–Trinajstić information content (AvgIpc) is 3.36. The number of fused-ring (bicyclic) bond motifs is 1. The maximum atomic E-state index is 12.7. The largest absolute Gasteiger partial charge is 0.497 e. The van der Waals surface area contributed by atoms with E-state index < -0.39 is 0 Å². The standard InChI is InChI=1S/C26H24N4O5S/c1-32-20-8-3-17(4-9-20)25-28-29-26(30(25)19-6-10-21(33-2)11-7-19)36-16-24(31)27-18-5-12-22-23(15-18)35-14-13-34-22/h3-12,15H,13-14,16H2,1-2H3,(H,27,31). The van der Waals surface area contributed by atoms with Crippen molar-refractivity contribution in [1.82, 2.24) is 14.8 Å². The third kappa shape index (κ3) is 5.08. The molecule has 0 aliphatic carbocycles. The fourth-order valence-corrected chi connectivity index (χ4v) is 4.45. The summed E-state index contributed by atoms with van der Waals surface area (Å²) in [5.41, 5.74) is 2.36. The molecule has 36 heavy (non-hydrogen) atoms. The summed E-state index contributed by atoms with van der Waals surface area (Å²) in [7, 11) is 3.25. The molecule has 1 amide bonds. The first-order chi connectivity index (χ1) is 17.6. The Kier molecular flexibility index (Phi) is 6.94. The van der Waals surface area contributed by atoms with Crippen LogP contribution in [0.25, 0.3) is 17.1 Å². The molecule has 0 radical (unpaired) electrons. The fourth-order valence-electron chi connectivity index (χ4n) is 3.70. The number of thioether (sulfide) groups is 1. The summed E-state index contributed by atoms with van der Waals surface area (Å²) in [5, 5.41) is 12.3. The van der Waals surface area contributed by atoms with E-state index in [9.17, 15) is 4.79 Å². The van der Waals surface area contributed by atoms with Gasteiger partial charge in [0, 0.05) is 23.0 Å². The zero-order valence-corrected chi connectivity index (χ0v) is 20.6. The summed E-state index contributed by atoms with van der Waals surface area (Å²) in [6, 6.07) is 20.5. The normalized spacial score (nSPS) is 12.2. The van der Waals surface area contributed by atoms with E-state index in [1.54, 1.807) is 32.4 Å². The van der Waals surface area contributed by atoms with Crippen LogP contribution in [0.2, 0.25) is 0 Å². The van der Waals surface area contributed by atoms with Crippen LogP contribution in [-0.2, 0) is 4.79 Å². The number of ether oxygens (including phenoxy) is 4. The molecule has 1 aromatic heterocycles. The van der Waals surface area contributed by atoms with Gasteiger partial charge in [-0.15, -0.1) is 10.2 Å². The molecule has 2 heterocycles. The van der Waals surface area contributed by atoms with Crippen molar-refractivity contribution in [2.45, 2.75) is 5.16 Å². The summed E-state index contributed by atoms with van der Waals surface area (Å²) < 4.78 is 23.6. The molecule has 1 aliphatic heterocycles. The van der Waals surface area contributed by atoms with Crippen molar-refractivity contribution in [1.29, 1.82) is 0 Å². The van der Waals surface area contributed by atoms with Gasteiger partial charge in [-0.2, -0.15) is 0 Å². The van der Waals surface area contributed by atoms with E-state index in [-0.39, 0.29) is 11.7 Å². The summed E-state index contributed by atoms with van der Waals surface area (Å²) in [4.78, 5) is 12.7. The van der Waals surface area contributed by atoms with Crippen LogP contribution >= 0.6 is 11.8 Å². The molecule has 3 aromatic carbocycles. The van der Waals surface area contributed by atoms with Crippen molar-refractivity contribution < 1.29 is 23.7 Å². The summed E-state index contributed by atoms with van der Waals surface area (Å²) in [6.45, 7) is 1.00. The monoisotopic (exact) mass is 504 g/mol. The zero-order valence-electron chi connectivity index (χ0n) is 19.8. The van der Waals surface area contributed by atoms with E-state index in [0.717, 1.165) is 22.7 Å². The van der Waals surface area contributed by atoms with Crippen molar-refractivity contribution >= 4 is 23.4 Å². The molecule has 1 aliphatic rings. The van der Waals surface area contributed by atoms with Gasteiger partial charge in [0.1, 0.15) is 24.7 Å². The van der Waals surface area contributed by atoms with Gasteiger partial charge in [0.25, 0.3) is 0 Å². The second kappa shape index (κ2) is 10.6. The summed E-state index contributed by atoms with van der Waals surface area (Å²) in [6.07, 6.45) is 0. The number of nitrogens with zero attached hydrogens (tertiary/aromatic N) is 3. The number of benzene rings is 3. The second-order valence-electron chi connectivity index (χ2n) is 7.76. The van der Waals surface area contributed by atoms with Crippen LogP contribution in [0.4, 0.5) is 5.69 Å². The number of hydrogen-bond donors (Lipinski definition) is 1. The Morgan fingerprint density at radius 3 is 2.28 bits per heavy atom. The number of carbonyl (C=O) groups excluding carboxylic acids is 1. The molecule has 0 saturated carbocycles. The lowest BCUT2D eigenvalue weighted by molar-refractivity contribution is -0.113. The molecule has 0 saturated heterocycles. The Morgan fingerprint density at radius 1 is 0.917 bits per heavy atom. The minimum atomic E-state index is -0.174. The van der Waals surface area contributed by atoms with Crippen LogP contribution in [0.1, 0.15) is 0 Å². The topological polar surface area (TPSA) is 96.7 Å². The molecular formula is C26H24N4O5S. The van der Waals surface area contributed by atoms with E-state index in [1.807, 2.05) is 53.1 Å². The number of anilines is 1. The van der Waals surface area contributed by atoms with Crippen LogP contribution < -0.4 is 24.3 Å². The van der Waals surface area contributed by atoms with Gasteiger partial charge in [0.15, 0.2) is 22.5 Å².